The molecule has 3 N–H and O–H groups in total. The number of nitrogens with zero attached hydrogens (tertiary/aromatic N) is 1. The second kappa shape index (κ2) is 7.24. The SMILES string of the molecule is CCC(N)(CCCOc1cc([N+](=O)[O-])ccc1Cl)C(=O)O. The molecule has 0 aliphatic heterocycles. The van der Waals surface area contributed by atoms with Gasteiger partial charge in [0.2, 0.25) is 0 Å². The van der Waals surface area contributed by atoms with Gasteiger partial charge in [-0.05, 0) is 25.3 Å². The number of halogens is 1. The van der Waals surface area contributed by atoms with Gasteiger partial charge in [-0.3, -0.25) is 14.9 Å². The van der Waals surface area contributed by atoms with Crippen molar-refractivity contribution >= 4 is 23.3 Å². The molecule has 1 atom stereocenters. The van der Waals surface area contributed by atoms with Gasteiger partial charge in [0.05, 0.1) is 22.6 Å². The molecule has 0 aliphatic carbocycles. The Morgan fingerprint density at radius 3 is 2.76 bits per heavy atom. The zero-order valence-electron chi connectivity index (χ0n) is 11.5. The number of ether oxygens (including phenoxy) is 1. The Kier molecular flexibility index (Phi) is 5.92. The number of benzene rings is 1. The standard InChI is InChI=1S/C13H17ClN2O5/c1-2-13(15,12(17)18)6-3-7-21-11-8-9(16(19)20)4-5-10(11)14/h4-5,8H,2-3,6-7,15H2,1H3,(H,17,18). The van der Waals surface area contributed by atoms with Crippen LogP contribution in [0.5, 0.6) is 5.75 Å². The molecule has 7 nitrogen and oxygen atoms in total. The number of aliphatic carboxylic acids is 1. The highest BCUT2D eigenvalue weighted by molar-refractivity contribution is 6.32. The van der Waals surface area contributed by atoms with E-state index in [1.807, 2.05) is 0 Å². The summed E-state index contributed by atoms with van der Waals surface area (Å²) in [5.74, 6) is -0.862. The van der Waals surface area contributed by atoms with Crippen LogP contribution in [0.4, 0.5) is 5.69 Å². The first-order chi connectivity index (χ1) is 9.80. The summed E-state index contributed by atoms with van der Waals surface area (Å²) in [5, 5.41) is 20.0. The maximum Gasteiger partial charge on any atom is 0.323 e. The monoisotopic (exact) mass is 316 g/mol. The highest BCUT2D eigenvalue weighted by atomic mass is 35.5. The van der Waals surface area contributed by atoms with Crippen molar-refractivity contribution in [3.8, 4) is 5.75 Å². The van der Waals surface area contributed by atoms with E-state index in [1.165, 1.54) is 18.2 Å². The average Bonchev–Trinajstić information content (AvgIpc) is 2.44. The fourth-order valence-electron chi connectivity index (χ4n) is 1.72. The van der Waals surface area contributed by atoms with Crippen molar-refractivity contribution in [2.45, 2.75) is 31.7 Å². The number of carboxylic acid groups (broad SMARTS) is 1. The fourth-order valence-corrected chi connectivity index (χ4v) is 1.89. The molecule has 0 fully saturated rings. The molecule has 0 aromatic heterocycles. The van der Waals surface area contributed by atoms with Gasteiger partial charge in [0, 0.05) is 6.07 Å². The van der Waals surface area contributed by atoms with E-state index < -0.39 is 16.4 Å². The Balaban J connectivity index is 2.59. The highest BCUT2D eigenvalue weighted by Crippen LogP contribution is 2.29. The number of nitrogens with two attached hydrogens (primary N) is 1. The van der Waals surface area contributed by atoms with Gasteiger partial charge < -0.3 is 15.6 Å². The second-order valence-corrected chi connectivity index (χ2v) is 5.05. The van der Waals surface area contributed by atoms with E-state index in [0.29, 0.717) is 12.8 Å². The number of carbonyl (C=O) groups is 1. The summed E-state index contributed by atoms with van der Waals surface area (Å²) in [6.45, 7) is 1.87. The van der Waals surface area contributed by atoms with Crippen LogP contribution in [-0.2, 0) is 4.79 Å². The van der Waals surface area contributed by atoms with Gasteiger partial charge in [-0.25, -0.2) is 0 Å². The molecule has 0 bridgehead atoms. The molecule has 1 rings (SSSR count). The highest BCUT2D eigenvalue weighted by Gasteiger charge is 2.31. The van der Waals surface area contributed by atoms with Crippen molar-refractivity contribution < 1.29 is 19.6 Å². The number of nitro benzene ring substituents is 1. The summed E-state index contributed by atoms with van der Waals surface area (Å²) in [5.41, 5.74) is 4.34. The minimum atomic E-state index is -1.28. The molecular formula is C13H17ClN2O5. The van der Waals surface area contributed by atoms with Crippen molar-refractivity contribution in [2.24, 2.45) is 5.73 Å². The van der Waals surface area contributed by atoms with Gasteiger partial charge in [0.15, 0.2) is 0 Å². The predicted molar refractivity (Wildman–Crippen MR) is 77.7 cm³/mol. The lowest BCUT2D eigenvalue weighted by Crippen LogP contribution is -2.47. The van der Waals surface area contributed by atoms with E-state index in [0.717, 1.165) is 0 Å². The van der Waals surface area contributed by atoms with Crippen LogP contribution in [0.15, 0.2) is 18.2 Å². The first-order valence-corrected chi connectivity index (χ1v) is 6.77. The Bertz CT molecular complexity index is 537. The molecule has 116 valence electrons. The van der Waals surface area contributed by atoms with Crippen molar-refractivity contribution in [1.29, 1.82) is 0 Å². The summed E-state index contributed by atoms with van der Waals surface area (Å²) in [7, 11) is 0. The van der Waals surface area contributed by atoms with E-state index in [2.05, 4.69) is 0 Å². The Morgan fingerprint density at radius 2 is 2.24 bits per heavy atom. The van der Waals surface area contributed by atoms with Crippen molar-refractivity contribution in [1.82, 2.24) is 0 Å². The molecule has 1 aromatic rings. The summed E-state index contributed by atoms with van der Waals surface area (Å²) in [4.78, 5) is 21.1. The summed E-state index contributed by atoms with van der Waals surface area (Å²) < 4.78 is 5.36. The zero-order chi connectivity index (χ0) is 16.0. The Labute approximate surface area is 126 Å². The topological polar surface area (TPSA) is 116 Å². The van der Waals surface area contributed by atoms with Gasteiger partial charge in [-0.15, -0.1) is 0 Å². The van der Waals surface area contributed by atoms with Crippen LogP contribution < -0.4 is 10.5 Å². The summed E-state index contributed by atoms with van der Waals surface area (Å²) in [6, 6.07) is 3.89. The van der Waals surface area contributed by atoms with Crippen LogP contribution in [0.3, 0.4) is 0 Å². The summed E-state index contributed by atoms with van der Waals surface area (Å²) in [6.07, 6.45) is 0.945. The van der Waals surface area contributed by atoms with E-state index in [1.54, 1.807) is 6.92 Å². The van der Waals surface area contributed by atoms with Crippen LogP contribution in [0.1, 0.15) is 26.2 Å². The van der Waals surface area contributed by atoms with Crippen LogP contribution >= 0.6 is 11.6 Å². The smallest absolute Gasteiger partial charge is 0.323 e. The van der Waals surface area contributed by atoms with Gasteiger partial charge in [-0.1, -0.05) is 18.5 Å². The van der Waals surface area contributed by atoms with Crippen molar-refractivity contribution in [2.75, 3.05) is 6.61 Å². The Hall–Kier alpha value is -1.86. The third-order valence-corrected chi connectivity index (χ3v) is 3.52. The molecule has 0 saturated carbocycles. The number of carboxylic acids is 1. The quantitative estimate of drug-likeness (QED) is 0.432. The lowest BCUT2D eigenvalue weighted by atomic mass is 9.92. The predicted octanol–water partition coefficient (Wildman–Crippen LogP) is 2.60. The first-order valence-electron chi connectivity index (χ1n) is 6.39. The third-order valence-electron chi connectivity index (χ3n) is 3.21. The van der Waals surface area contributed by atoms with E-state index in [-0.39, 0.29) is 29.5 Å². The zero-order valence-corrected chi connectivity index (χ0v) is 12.3. The molecule has 8 heteroatoms. The lowest BCUT2D eigenvalue weighted by molar-refractivity contribution is -0.384. The first kappa shape index (κ1) is 17.2. The second-order valence-electron chi connectivity index (χ2n) is 4.64. The van der Waals surface area contributed by atoms with Crippen molar-refractivity contribution in [3.05, 3.63) is 33.3 Å². The molecule has 1 unspecified atom stereocenters. The molecule has 0 spiro atoms. The Morgan fingerprint density at radius 1 is 1.57 bits per heavy atom. The van der Waals surface area contributed by atoms with E-state index in [9.17, 15) is 14.9 Å². The van der Waals surface area contributed by atoms with Crippen LogP contribution in [-0.4, -0.2) is 28.1 Å². The number of hydrogen-bond acceptors (Lipinski definition) is 5. The fraction of sp³-hybridized carbons (Fsp3) is 0.462. The van der Waals surface area contributed by atoms with Gasteiger partial charge >= 0.3 is 5.97 Å². The number of rotatable bonds is 8. The summed E-state index contributed by atoms with van der Waals surface area (Å²) >= 11 is 5.88. The van der Waals surface area contributed by atoms with Crippen LogP contribution in [0.2, 0.25) is 5.02 Å². The molecule has 21 heavy (non-hydrogen) atoms. The molecule has 0 amide bonds. The maximum atomic E-state index is 11.0. The van der Waals surface area contributed by atoms with E-state index in [4.69, 9.17) is 27.2 Å². The van der Waals surface area contributed by atoms with E-state index >= 15 is 0 Å². The van der Waals surface area contributed by atoms with Crippen molar-refractivity contribution in [3.63, 3.8) is 0 Å². The third kappa shape index (κ3) is 4.57. The van der Waals surface area contributed by atoms with Gasteiger partial charge in [0.1, 0.15) is 11.3 Å². The lowest BCUT2D eigenvalue weighted by Gasteiger charge is -2.22. The largest absolute Gasteiger partial charge is 0.492 e. The van der Waals surface area contributed by atoms with Gasteiger partial charge in [-0.2, -0.15) is 0 Å². The maximum absolute atomic E-state index is 11.0. The molecular weight excluding hydrogens is 300 g/mol. The minimum absolute atomic E-state index is 0.123. The normalized spacial score (nSPS) is 13.5. The number of non-ortho nitro benzene ring substituents is 1. The number of hydrogen-bond donors (Lipinski definition) is 2. The van der Waals surface area contributed by atoms with Gasteiger partial charge in [0.25, 0.3) is 5.69 Å². The molecule has 0 heterocycles. The molecule has 0 aliphatic rings. The molecule has 1 aromatic carbocycles. The minimum Gasteiger partial charge on any atom is -0.492 e. The van der Waals surface area contributed by atoms with Crippen LogP contribution in [0, 0.1) is 10.1 Å². The average molecular weight is 317 g/mol. The van der Waals surface area contributed by atoms with Crippen LogP contribution in [0.25, 0.3) is 0 Å². The molecule has 0 saturated heterocycles. The number of nitro groups is 1. The molecule has 0 radical (unpaired) electrons.